The van der Waals surface area contributed by atoms with Gasteiger partial charge in [-0.25, -0.2) is 9.48 Å². The standard InChI is InChI=1S/C36H43BrClN5O4/c1-36(2,3)47-35(45)42(24-25-13-14-28(30(38)20-25)26-10-5-4-6-11-26)18-15-33(44)40-17-9-16-39-31-21-27(37)22-32-29(31)23-41-43(32)34-12-7-8-19-46-34/h4-6,10-11,13-14,20-23,34,39H,7-9,12,15-19,24H2,1-3H3,(H,40,44). The van der Waals surface area contributed by atoms with Gasteiger partial charge in [0.1, 0.15) is 5.60 Å². The quantitative estimate of drug-likeness (QED) is 0.142. The van der Waals surface area contributed by atoms with E-state index in [1.165, 1.54) is 0 Å². The molecule has 2 heterocycles. The normalized spacial score (nSPS) is 15.0. The number of amides is 2. The van der Waals surface area contributed by atoms with Crippen LogP contribution in [0.1, 0.15) is 64.7 Å². The van der Waals surface area contributed by atoms with Gasteiger partial charge in [0.05, 0.1) is 11.7 Å². The van der Waals surface area contributed by atoms with Crippen molar-refractivity contribution in [1.29, 1.82) is 0 Å². The number of ether oxygens (including phenoxy) is 2. The van der Waals surface area contributed by atoms with Crippen molar-refractivity contribution in [3.05, 3.63) is 81.9 Å². The third kappa shape index (κ3) is 9.72. The number of anilines is 1. The van der Waals surface area contributed by atoms with Gasteiger partial charge in [0.2, 0.25) is 5.91 Å². The number of rotatable bonds is 12. The van der Waals surface area contributed by atoms with Crippen LogP contribution in [0.3, 0.4) is 0 Å². The van der Waals surface area contributed by atoms with Crippen molar-refractivity contribution < 1.29 is 19.1 Å². The first-order valence-electron chi connectivity index (χ1n) is 16.2. The van der Waals surface area contributed by atoms with Gasteiger partial charge >= 0.3 is 6.09 Å². The van der Waals surface area contributed by atoms with E-state index in [1.807, 2.05) is 86.2 Å². The number of nitrogens with zero attached hydrogens (tertiary/aromatic N) is 3. The van der Waals surface area contributed by atoms with Crippen LogP contribution in [0.5, 0.6) is 0 Å². The van der Waals surface area contributed by atoms with Gasteiger partial charge < -0.3 is 25.0 Å². The van der Waals surface area contributed by atoms with E-state index in [-0.39, 0.29) is 31.6 Å². The number of benzene rings is 3. The fourth-order valence-electron chi connectivity index (χ4n) is 5.56. The molecule has 1 fully saturated rings. The Hall–Kier alpha value is -3.60. The summed E-state index contributed by atoms with van der Waals surface area (Å²) in [5, 5.41) is 12.7. The summed E-state index contributed by atoms with van der Waals surface area (Å²) >= 11 is 10.3. The molecule has 1 aromatic heterocycles. The predicted molar refractivity (Wildman–Crippen MR) is 191 cm³/mol. The number of halogens is 2. The maximum Gasteiger partial charge on any atom is 0.410 e. The molecule has 0 saturated carbocycles. The number of carbonyl (C=O) groups excluding carboxylic acids is 2. The van der Waals surface area contributed by atoms with Crippen LogP contribution < -0.4 is 10.6 Å². The largest absolute Gasteiger partial charge is 0.444 e. The molecule has 2 N–H and O–H groups in total. The van der Waals surface area contributed by atoms with E-state index in [1.54, 1.807) is 4.90 Å². The molecule has 47 heavy (non-hydrogen) atoms. The van der Waals surface area contributed by atoms with Gasteiger partial charge in [0.15, 0.2) is 6.23 Å². The first kappa shape index (κ1) is 34.7. The van der Waals surface area contributed by atoms with Crippen LogP contribution in [0, 0.1) is 0 Å². The van der Waals surface area contributed by atoms with E-state index in [0.717, 1.165) is 70.0 Å². The molecule has 1 unspecified atom stereocenters. The second-order valence-corrected chi connectivity index (χ2v) is 14.1. The zero-order valence-electron chi connectivity index (χ0n) is 27.2. The minimum Gasteiger partial charge on any atom is -0.444 e. The molecule has 0 spiro atoms. The summed E-state index contributed by atoms with van der Waals surface area (Å²) in [6.07, 6.45) is 5.42. The summed E-state index contributed by atoms with van der Waals surface area (Å²) in [6.45, 7) is 7.88. The first-order valence-corrected chi connectivity index (χ1v) is 17.4. The van der Waals surface area contributed by atoms with Crippen LogP contribution in [0.15, 0.2) is 71.3 Å². The first-order chi connectivity index (χ1) is 22.6. The van der Waals surface area contributed by atoms with Crippen molar-refractivity contribution in [2.24, 2.45) is 0 Å². The molecular weight excluding hydrogens is 682 g/mol. The summed E-state index contributed by atoms with van der Waals surface area (Å²) in [6, 6.07) is 19.8. The Bertz CT molecular complexity index is 1670. The lowest BCUT2D eigenvalue weighted by atomic mass is 10.0. The fourth-order valence-corrected chi connectivity index (χ4v) is 6.32. The molecule has 1 aliphatic heterocycles. The van der Waals surface area contributed by atoms with Crippen LogP contribution >= 0.6 is 27.5 Å². The number of fused-ring (bicyclic) bond motifs is 1. The Kier molecular flexibility index (Phi) is 11.8. The molecule has 11 heteroatoms. The number of hydrogen-bond acceptors (Lipinski definition) is 6. The summed E-state index contributed by atoms with van der Waals surface area (Å²) in [5.41, 5.74) is 4.12. The van der Waals surface area contributed by atoms with E-state index in [0.29, 0.717) is 18.1 Å². The minimum absolute atomic E-state index is 0.0390. The summed E-state index contributed by atoms with van der Waals surface area (Å²) < 4.78 is 14.5. The van der Waals surface area contributed by atoms with Crippen LogP contribution in [-0.2, 0) is 20.8 Å². The third-order valence-corrected chi connectivity index (χ3v) is 8.62. The lowest BCUT2D eigenvalue weighted by molar-refractivity contribution is -0.121. The molecule has 9 nitrogen and oxygen atoms in total. The molecule has 5 rings (SSSR count). The van der Waals surface area contributed by atoms with E-state index < -0.39 is 11.7 Å². The number of carbonyl (C=O) groups is 2. The second kappa shape index (κ2) is 16.0. The molecule has 0 aliphatic carbocycles. The molecule has 2 amide bonds. The molecule has 250 valence electrons. The Balaban J connectivity index is 1.12. The lowest BCUT2D eigenvalue weighted by Gasteiger charge is -2.27. The van der Waals surface area contributed by atoms with Crippen molar-refractivity contribution in [3.63, 3.8) is 0 Å². The van der Waals surface area contributed by atoms with E-state index in [9.17, 15) is 9.59 Å². The van der Waals surface area contributed by atoms with Crippen LogP contribution in [0.25, 0.3) is 22.0 Å². The van der Waals surface area contributed by atoms with E-state index in [4.69, 9.17) is 21.1 Å². The lowest BCUT2D eigenvalue weighted by Crippen LogP contribution is -2.39. The van der Waals surface area contributed by atoms with Crippen molar-refractivity contribution in [3.8, 4) is 11.1 Å². The molecule has 1 aliphatic rings. The van der Waals surface area contributed by atoms with Crippen molar-refractivity contribution in [1.82, 2.24) is 20.0 Å². The average molecular weight is 725 g/mol. The highest BCUT2D eigenvalue weighted by molar-refractivity contribution is 9.10. The molecule has 1 atom stereocenters. The molecule has 0 bridgehead atoms. The highest BCUT2D eigenvalue weighted by Crippen LogP contribution is 2.33. The third-order valence-electron chi connectivity index (χ3n) is 7.85. The topological polar surface area (TPSA) is 97.7 Å². The molecule has 1 saturated heterocycles. The number of nitrogens with one attached hydrogen (secondary N) is 2. The zero-order valence-corrected chi connectivity index (χ0v) is 29.6. The monoisotopic (exact) mass is 723 g/mol. The van der Waals surface area contributed by atoms with Crippen LogP contribution in [0.4, 0.5) is 10.5 Å². The Morgan fingerprint density at radius 2 is 1.91 bits per heavy atom. The Morgan fingerprint density at radius 1 is 1.11 bits per heavy atom. The molecule has 4 aromatic rings. The van der Waals surface area contributed by atoms with Crippen molar-refractivity contribution >= 4 is 56.1 Å². The molecular formula is C36H43BrClN5O4. The second-order valence-electron chi connectivity index (χ2n) is 12.8. The zero-order chi connectivity index (χ0) is 33.4. The highest BCUT2D eigenvalue weighted by atomic mass is 79.9. The van der Waals surface area contributed by atoms with Gasteiger partial charge in [-0.15, -0.1) is 0 Å². The molecule has 0 radical (unpaired) electrons. The predicted octanol–water partition coefficient (Wildman–Crippen LogP) is 8.56. The summed E-state index contributed by atoms with van der Waals surface area (Å²) in [4.78, 5) is 27.5. The maximum atomic E-state index is 13.1. The summed E-state index contributed by atoms with van der Waals surface area (Å²) in [5.74, 6) is -0.130. The Morgan fingerprint density at radius 3 is 2.64 bits per heavy atom. The van der Waals surface area contributed by atoms with Gasteiger partial charge in [0.25, 0.3) is 0 Å². The van der Waals surface area contributed by atoms with Crippen LogP contribution in [0.2, 0.25) is 5.02 Å². The SMILES string of the molecule is CC(C)(C)OC(=O)N(CCC(=O)NCCCNc1cc(Br)cc2c1cnn2C1CCCCO1)Cc1ccc(-c2ccccc2)c(Cl)c1. The van der Waals surface area contributed by atoms with E-state index in [2.05, 4.69) is 37.7 Å². The van der Waals surface area contributed by atoms with Gasteiger partial charge in [0, 0.05) is 65.3 Å². The van der Waals surface area contributed by atoms with Crippen molar-refractivity contribution in [2.45, 2.75) is 71.2 Å². The number of hydrogen-bond donors (Lipinski definition) is 2. The Labute approximate surface area is 290 Å². The van der Waals surface area contributed by atoms with E-state index >= 15 is 0 Å². The van der Waals surface area contributed by atoms with Gasteiger partial charge in [-0.3, -0.25) is 4.79 Å². The maximum absolute atomic E-state index is 13.1. The average Bonchev–Trinajstić information content (AvgIpc) is 3.46. The number of aromatic nitrogens is 2. The van der Waals surface area contributed by atoms with Gasteiger partial charge in [-0.2, -0.15) is 5.10 Å². The highest BCUT2D eigenvalue weighted by Gasteiger charge is 2.24. The van der Waals surface area contributed by atoms with Gasteiger partial charge in [-0.1, -0.05) is 70.0 Å². The van der Waals surface area contributed by atoms with Gasteiger partial charge in [-0.05, 0) is 75.8 Å². The van der Waals surface area contributed by atoms with Crippen molar-refractivity contribution in [2.75, 3.05) is 31.6 Å². The minimum atomic E-state index is -0.665. The molecule has 3 aromatic carbocycles. The smallest absolute Gasteiger partial charge is 0.410 e. The van der Waals surface area contributed by atoms with Crippen LogP contribution in [-0.4, -0.2) is 58.5 Å². The summed E-state index contributed by atoms with van der Waals surface area (Å²) in [7, 11) is 0. The fraction of sp³-hybridized carbons (Fsp3) is 0.417.